The molecule has 0 spiro atoms. The maximum absolute atomic E-state index is 14.2. The highest BCUT2D eigenvalue weighted by atomic mass is 35.5. The Labute approximate surface area is 340 Å². The van der Waals surface area contributed by atoms with Gasteiger partial charge in [-0.15, -0.1) is 0 Å². The lowest BCUT2D eigenvalue weighted by molar-refractivity contribution is -0.222. The van der Waals surface area contributed by atoms with Crippen molar-refractivity contribution >= 4 is 41.4 Å². The molecule has 0 aliphatic heterocycles. The van der Waals surface area contributed by atoms with Crippen molar-refractivity contribution in [2.75, 3.05) is 6.54 Å². The zero-order valence-electron chi connectivity index (χ0n) is 35.7. The molecular weight excluding hydrogens is 724 g/mol. The van der Waals surface area contributed by atoms with E-state index in [9.17, 15) is 24.3 Å². The van der Waals surface area contributed by atoms with E-state index in [0.29, 0.717) is 42.2 Å². The highest BCUT2D eigenvalue weighted by Crippen LogP contribution is 2.77. The van der Waals surface area contributed by atoms with E-state index >= 15 is 0 Å². The summed E-state index contributed by atoms with van der Waals surface area (Å²) in [5.41, 5.74) is 1.52. The van der Waals surface area contributed by atoms with Crippen LogP contribution in [0.3, 0.4) is 0 Å². The molecule has 0 radical (unpaired) electrons. The number of fused-ring (bicyclic) bond motifs is 7. The Morgan fingerprint density at radius 1 is 1.00 bits per heavy atom. The van der Waals surface area contributed by atoms with Gasteiger partial charge in [0.2, 0.25) is 5.91 Å². The molecule has 56 heavy (non-hydrogen) atoms. The van der Waals surface area contributed by atoms with Gasteiger partial charge in [-0.05, 0) is 142 Å². The van der Waals surface area contributed by atoms with E-state index in [-0.39, 0.29) is 51.9 Å². The third kappa shape index (κ3) is 6.70. The summed E-state index contributed by atoms with van der Waals surface area (Å²) in [6.45, 7) is 22.1. The van der Waals surface area contributed by atoms with Gasteiger partial charge in [0.05, 0.1) is 17.4 Å². The molecule has 4 saturated carbocycles. The molecule has 1 aromatic carbocycles. The number of carboxylic acids is 1. The Bertz CT molecular complexity index is 1800. The van der Waals surface area contributed by atoms with Gasteiger partial charge in [0, 0.05) is 42.8 Å². The summed E-state index contributed by atoms with van der Waals surface area (Å²) in [7, 11) is 0. The maximum atomic E-state index is 14.2. The molecule has 0 aromatic heterocycles. The number of carbonyl (C=O) groups is 4. The molecule has 1 N–H and O–H groups in total. The number of hydrogen-bond acceptors (Lipinski definition) is 6. The fourth-order valence-electron chi connectivity index (χ4n) is 13.4. The van der Waals surface area contributed by atoms with Crippen molar-refractivity contribution in [3.63, 3.8) is 0 Å². The molecule has 0 heterocycles. The first kappa shape index (κ1) is 42.6. The normalized spacial score (nSPS) is 36.8. The van der Waals surface area contributed by atoms with Gasteiger partial charge in [0.25, 0.3) is 0 Å². The number of amides is 1. The standard InChI is InChI=1S/C47H67ClN2O6/c1-11-49-47-23-21-44(9)37(45(47,10)19-18-36(30(47)4)56-38(53)27-42(6,7)41(54)55)17-16-34-40-39(29(2)3)35(52)26-46(40,22-20-43(34,44)8)24-25-50(31(5)51)28-32-12-14-33(48)15-13-32/h11-15,29-30,34,36-37H,16-28H2,1-10H3,(H,54,55). The first-order valence-electron chi connectivity index (χ1n) is 21.3. The molecule has 8 nitrogen and oxygen atoms in total. The van der Waals surface area contributed by atoms with Crippen LogP contribution in [-0.2, 0) is 30.5 Å². The second-order valence-electron chi connectivity index (χ2n) is 20.1. The summed E-state index contributed by atoms with van der Waals surface area (Å²) in [6.07, 6.45) is 10.4. The minimum Gasteiger partial charge on any atom is -0.481 e. The Morgan fingerprint density at radius 2 is 1.66 bits per heavy atom. The molecular formula is C47H67ClN2O6. The van der Waals surface area contributed by atoms with Crippen molar-refractivity contribution in [1.29, 1.82) is 0 Å². The molecule has 1 amide bonds. The molecule has 0 saturated heterocycles. The number of benzene rings is 1. The van der Waals surface area contributed by atoms with Crippen molar-refractivity contribution in [3.05, 3.63) is 46.0 Å². The maximum Gasteiger partial charge on any atom is 0.309 e. The van der Waals surface area contributed by atoms with E-state index in [4.69, 9.17) is 21.3 Å². The van der Waals surface area contributed by atoms with Crippen molar-refractivity contribution in [2.45, 2.75) is 158 Å². The van der Waals surface area contributed by atoms with Crippen LogP contribution < -0.4 is 0 Å². The quantitative estimate of drug-likeness (QED) is 0.176. The minimum absolute atomic E-state index is 0.000929. The van der Waals surface area contributed by atoms with Crippen LogP contribution in [0.1, 0.15) is 145 Å². The number of aliphatic carboxylic acids is 1. The van der Waals surface area contributed by atoms with Gasteiger partial charge in [0.1, 0.15) is 6.10 Å². The van der Waals surface area contributed by atoms with Crippen LogP contribution in [-0.4, -0.2) is 58.0 Å². The third-order valence-corrected chi connectivity index (χ3v) is 17.0. The van der Waals surface area contributed by atoms with Crippen LogP contribution >= 0.6 is 11.6 Å². The Hall–Kier alpha value is -3.00. The highest BCUT2D eigenvalue weighted by Gasteiger charge is 2.72. The number of ether oxygens (including phenoxy) is 1. The lowest BCUT2D eigenvalue weighted by Gasteiger charge is -2.73. The third-order valence-electron chi connectivity index (χ3n) is 16.7. The molecule has 9 unspecified atom stereocenters. The highest BCUT2D eigenvalue weighted by molar-refractivity contribution is 6.30. The van der Waals surface area contributed by atoms with Crippen LogP contribution in [0.4, 0.5) is 0 Å². The summed E-state index contributed by atoms with van der Waals surface area (Å²) < 4.78 is 6.17. The topological polar surface area (TPSA) is 113 Å². The van der Waals surface area contributed by atoms with Gasteiger partial charge in [-0.1, -0.05) is 70.8 Å². The number of halogens is 1. The average Bonchev–Trinajstić information content (AvgIpc) is 3.42. The van der Waals surface area contributed by atoms with Crippen molar-refractivity contribution in [1.82, 2.24) is 4.90 Å². The molecule has 5 aliphatic carbocycles. The number of nitrogens with zero attached hydrogens (tertiary/aromatic N) is 2. The van der Waals surface area contributed by atoms with Gasteiger partial charge >= 0.3 is 11.9 Å². The number of allylic oxidation sites excluding steroid dienone is 2. The smallest absolute Gasteiger partial charge is 0.309 e. The summed E-state index contributed by atoms with van der Waals surface area (Å²) in [4.78, 5) is 59.6. The predicted molar refractivity (Wildman–Crippen MR) is 221 cm³/mol. The van der Waals surface area contributed by atoms with E-state index in [0.717, 1.165) is 68.9 Å². The largest absolute Gasteiger partial charge is 0.481 e. The molecule has 1 aromatic rings. The van der Waals surface area contributed by atoms with E-state index in [1.807, 2.05) is 42.3 Å². The fraction of sp³-hybridized carbons (Fsp3) is 0.723. The van der Waals surface area contributed by atoms with Gasteiger partial charge in [0.15, 0.2) is 5.78 Å². The number of carbonyl (C=O) groups excluding carboxylic acids is 3. The van der Waals surface area contributed by atoms with E-state index in [2.05, 4.69) is 41.5 Å². The average molecular weight is 792 g/mol. The molecule has 9 heteroatoms. The molecule has 6 rings (SSSR count). The predicted octanol–water partition coefficient (Wildman–Crippen LogP) is 10.3. The second-order valence-corrected chi connectivity index (χ2v) is 20.6. The van der Waals surface area contributed by atoms with Gasteiger partial charge in [-0.2, -0.15) is 0 Å². The number of Topliss-reactive ketones (excluding diaryl/α,β-unsaturated/α-hetero) is 1. The summed E-state index contributed by atoms with van der Waals surface area (Å²) in [5.74, 6) is -0.319. The van der Waals surface area contributed by atoms with E-state index in [1.165, 1.54) is 5.57 Å². The zero-order chi connectivity index (χ0) is 41.2. The van der Waals surface area contributed by atoms with Gasteiger partial charge in [-0.25, -0.2) is 0 Å². The lowest BCUT2D eigenvalue weighted by Crippen LogP contribution is -2.70. The Morgan fingerprint density at radius 3 is 2.27 bits per heavy atom. The molecule has 0 bridgehead atoms. The van der Waals surface area contributed by atoms with Crippen LogP contribution in [0.15, 0.2) is 40.4 Å². The zero-order valence-corrected chi connectivity index (χ0v) is 36.5. The number of hydrogen-bond donors (Lipinski definition) is 1. The van der Waals surface area contributed by atoms with E-state index < -0.39 is 22.9 Å². The molecule has 308 valence electrons. The number of carboxylic acid groups (broad SMARTS) is 1. The molecule has 5 aliphatic rings. The molecule has 4 fully saturated rings. The van der Waals surface area contributed by atoms with E-state index in [1.54, 1.807) is 20.8 Å². The Balaban J connectivity index is 1.30. The lowest BCUT2D eigenvalue weighted by atomic mass is 9.32. The second kappa shape index (κ2) is 15.0. The van der Waals surface area contributed by atoms with Crippen LogP contribution in [0.25, 0.3) is 0 Å². The SMILES string of the molecule is CC=NC12CCC3(C)C(CCC4C5=C(C(C)C)C(=O)CC5(CCN(Cc5ccc(Cl)cc5)C(C)=O)CCC43C)C1(C)CCC(OC(=O)CC(C)(C)C(=O)O)C2C. The first-order chi connectivity index (χ1) is 26.1. The summed E-state index contributed by atoms with van der Waals surface area (Å²) in [5, 5.41) is 10.3. The van der Waals surface area contributed by atoms with Crippen LogP contribution in [0.2, 0.25) is 5.02 Å². The first-order valence-corrected chi connectivity index (χ1v) is 21.7. The monoisotopic (exact) mass is 790 g/mol. The Kier molecular flexibility index (Phi) is 11.4. The molecule has 9 atom stereocenters. The number of aliphatic imine (C=N–C) groups is 1. The van der Waals surface area contributed by atoms with Crippen LogP contribution in [0.5, 0.6) is 0 Å². The number of ketones is 1. The fourth-order valence-corrected chi connectivity index (χ4v) is 13.5. The van der Waals surface area contributed by atoms with Crippen molar-refractivity contribution in [2.24, 2.45) is 55.7 Å². The number of esters is 1. The summed E-state index contributed by atoms with van der Waals surface area (Å²) >= 11 is 6.17. The van der Waals surface area contributed by atoms with Crippen LogP contribution in [0, 0.1) is 50.7 Å². The minimum atomic E-state index is -1.19. The summed E-state index contributed by atoms with van der Waals surface area (Å²) in [6, 6.07) is 7.71. The van der Waals surface area contributed by atoms with Gasteiger partial charge in [-0.3, -0.25) is 24.2 Å². The van der Waals surface area contributed by atoms with Gasteiger partial charge < -0.3 is 14.7 Å². The van der Waals surface area contributed by atoms with Crippen molar-refractivity contribution < 1.29 is 29.0 Å². The van der Waals surface area contributed by atoms with Crippen molar-refractivity contribution in [3.8, 4) is 0 Å². The number of rotatable bonds is 11.